The fraction of sp³-hybridized carbons (Fsp3) is 0.308. The van der Waals surface area contributed by atoms with E-state index in [1.54, 1.807) is 18.2 Å². The van der Waals surface area contributed by atoms with Gasteiger partial charge in [0.1, 0.15) is 0 Å². The molecule has 0 amide bonds. The van der Waals surface area contributed by atoms with E-state index in [0.717, 1.165) is 24.9 Å². The molecule has 0 aromatic heterocycles. The molecule has 0 saturated carbocycles. The van der Waals surface area contributed by atoms with Gasteiger partial charge in [-0.05, 0) is 37.5 Å². The van der Waals surface area contributed by atoms with Crippen molar-refractivity contribution in [2.24, 2.45) is 0 Å². The van der Waals surface area contributed by atoms with Gasteiger partial charge in [0.15, 0.2) is 0 Å². The van der Waals surface area contributed by atoms with Crippen LogP contribution in [0.15, 0.2) is 36.4 Å². The fourth-order valence-corrected chi connectivity index (χ4v) is 1.90. The first kappa shape index (κ1) is 10.7. The smallest absolute Gasteiger partial charge is 0.335 e. The van der Waals surface area contributed by atoms with E-state index in [4.69, 9.17) is 5.11 Å². The summed E-state index contributed by atoms with van der Waals surface area (Å²) < 4.78 is 0. The summed E-state index contributed by atoms with van der Waals surface area (Å²) in [7, 11) is 0. The topological polar surface area (TPSA) is 49.3 Å². The molecule has 2 rings (SSSR count). The maximum absolute atomic E-state index is 10.8. The van der Waals surface area contributed by atoms with Gasteiger partial charge >= 0.3 is 5.97 Å². The van der Waals surface area contributed by atoms with Crippen LogP contribution in [0.2, 0.25) is 0 Å². The highest BCUT2D eigenvalue weighted by Crippen LogP contribution is 2.18. The van der Waals surface area contributed by atoms with Gasteiger partial charge in [0.25, 0.3) is 0 Å². The molecule has 0 aliphatic heterocycles. The molecule has 0 heterocycles. The van der Waals surface area contributed by atoms with Crippen LogP contribution < -0.4 is 5.32 Å². The molecule has 0 spiro atoms. The van der Waals surface area contributed by atoms with E-state index < -0.39 is 5.97 Å². The Labute approximate surface area is 94.8 Å². The fourth-order valence-electron chi connectivity index (χ4n) is 1.90. The van der Waals surface area contributed by atoms with Gasteiger partial charge in [-0.25, -0.2) is 4.79 Å². The Hall–Kier alpha value is -1.77. The van der Waals surface area contributed by atoms with Gasteiger partial charge in [-0.15, -0.1) is 0 Å². The Balaban J connectivity index is 2.06. The largest absolute Gasteiger partial charge is 0.478 e. The number of benzene rings is 1. The number of allylic oxidation sites excluding steroid dienone is 1. The lowest BCUT2D eigenvalue weighted by Gasteiger charge is -2.20. The zero-order valence-corrected chi connectivity index (χ0v) is 9.02. The van der Waals surface area contributed by atoms with Gasteiger partial charge in [-0.1, -0.05) is 18.2 Å². The second kappa shape index (κ2) is 4.84. The molecule has 1 aliphatic carbocycles. The van der Waals surface area contributed by atoms with E-state index in [2.05, 4.69) is 17.5 Å². The first-order chi connectivity index (χ1) is 7.75. The lowest BCUT2D eigenvalue weighted by atomic mass is 10.0. The summed E-state index contributed by atoms with van der Waals surface area (Å²) in [5.74, 6) is -0.882. The van der Waals surface area contributed by atoms with Gasteiger partial charge in [0.05, 0.1) is 5.56 Å². The molecule has 0 fully saturated rings. The molecule has 3 nitrogen and oxygen atoms in total. The molecular formula is C13H15NO2. The first-order valence-corrected chi connectivity index (χ1v) is 5.50. The van der Waals surface area contributed by atoms with Gasteiger partial charge in [-0.2, -0.15) is 0 Å². The average molecular weight is 217 g/mol. The number of rotatable bonds is 3. The molecule has 1 unspecified atom stereocenters. The summed E-state index contributed by atoms with van der Waals surface area (Å²) in [4.78, 5) is 10.8. The highest BCUT2D eigenvalue weighted by atomic mass is 16.4. The normalized spacial score (nSPS) is 19.4. The van der Waals surface area contributed by atoms with E-state index in [-0.39, 0.29) is 0 Å². The summed E-state index contributed by atoms with van der Waals surface area (Å²) in [6, 6.07) is 7.39. The van der Waals surface area contributed by atoms with Gasteiger partial charge in [0, 0.05) is 11.7 Å². The molecule has 0 radical (unpaired) electrons. The molecule has 0 bridgehead atoms. The zero-order chi connectivity index (χ0) is 11.4. The lowest BCUT2D eigenvalue weighted by Crippen LogP contribution is -2.20. The predicted molar refractivity (Wildman–Crippen MR) is 63.8 cm³/mol. The molecule has 1 atom stereocenters. The number of anilines is 1. The van der Waals surface area contributed by atoms with Crippen molar-refractivity contribution in [1.82, 2.24) is 0 Å². The quantitative estimate of drug-likeness (QED) is 0.765. The Bertz CT molecular complexity index is 412. The Morgan fingerprint density at radius 2 is 2.25 bits per heavy atom. The highest BCUT2D eigenvalue weighted by Gasteiger charge is 2.10. The summed E-state index contributed by atoms with van der Waals surface area (Å²) in [5.41, 5.74) is 1.22. The molecule has 1 aromatic carbocycles. The van der Waals surface area contributed by atoms with E-state index in [1.807, 2.05) is 6.07 Å². The second-order valence-electron chi connectivity index (χ2n) is 4.01. The van der Waals surface area contributed by atoms with Crippen molar-refractivity contribution in [2.75, 3.05) is 5.32 Å². The van der Waals surface area contributed by atoms with Crippen molar-refractivity contribution in [3.8, 4) is 0 Å². The minimum Gasteiger partial charge on any atom is -0.478 e. The predicted octanol–water partition coefficient (Wildman–Crippen LogP) is 2.91. The molecule has 1 aliphatic rings. The van der Waals surface area contributed by atoms with Crippen LogP contribution in [-0.4, -0.2) is 17.1 Å². The number of nitrogens with one attached hydrogen (secondary N) is 1. The van der Waals surface area contributed by atoms with Crippen LogP contribution in [0.25, 0.3) is 0 Å². The number of hydrogen-bond donors (Lipinski definition) is 2. The summed E-state index contributed by atoms with van der Waals surface area (Å²) >= 11 is 0. The molecule has 84 valence electrons. The maximum Gasteiger partial charge on any atom is 0.335 e. The average Bonchev–Trinajstić information content (AvgIpc) is 2.30. The summed E-state index contributed by atoms with van der Waals surface area (Å²) in [6.45, 7) is 0. The van der Waals surface area contributed by atoms with Crippen LogP contribution in [0.1, 0.15) is 29.6 Å². The zero-order valence-electron chi connectivity index (χ0n) is 9.02. The number of carboxylic acids is 1. The van der Waals surface area contributed by atoms with Crippen LogP contribution in [0.4, 0.5) is 5.69 Å². The Morgan fingerprint density at radius 1 is 1.38 bits per heavy atom. The van der Waals surface area contributed by atoms with E-state index in [9.17, 15) is 4.79 Å². The van der Waals surface area contributed by atoms with Crippen molar-refractivity contribution in [3.63, 3.8) is 0 Å². The Morgan fingerprint density at radius 3 is 2.94 bits per heavy atom. The second-order valence-corrected chi connectivity index (χ2v) is 4.01. The first-order valence-electron chi connectivity index (χ1n) is 5.50. The molecule has 1 aromatic rings. The third-order valence-corrected chi connectivity index (χ3v) is 2.75. The standard InChI is InChI=1S/C13H15NO2/c15-13(16)10-5-4-8-12(9-10)14-11-6-2-1-3-7-11/h1-2,4-5,8-9,11,14H,3,6-7H2,(H,15,16). The van der Waals surface area contributed by atoms with Crippen molar-refractivity contribution >= 4 is 11.7 Å². The molecular weight excluding hydrogens is 202 g/mol. The summed E-state index contributed by atoms with van der Waals surface area (Å²) in [6.07, 6.45) is 7.56. The van der Waals surface area contributed by atoms with Crippen LogP contribution in [0.5, 0.6) is 0 Å². The lowest BCUT2D eigenvalue weighted by molar-refractivity contribution is 0.0697. The molecule has 3 heteroatoms. The SMILES string of the molecule is O=C(O)c1cccc(NC2CC=CCC2)c1. The molecule has 2 N–H and O–H groups in total. The van der Waals surface area contributed by atoms with Crippen molar-refractivity contribution in [1.29, 1.82) is 0 Å². The van der Waals surface area contributed by atoms with Crippen LogP contribution in [-0.2, 0) is 0 Å². The van der Waals surface area contributed by atoms with Crippen molar-refractivity contribution in [3.05, 3.63) is 42.0 Å². The van der Waals surface area contributed by atoms with Gasteiger partial charge in [0.2, 0.25) is 0 Å². The third-order valence-electron chi connectivity index (χ3n) is 2.75. The summed E-state index contributed by atoms with van der Waals surface area (Å²) in [5, 5.41) is 12.2. The number of aromatic carboxylic acids is 1. The van der Waals surface area contributed by atoms with Gasteiger partial charge < -0.3 is 10.4 Å². The third kappa shape index (κ3) is 2.63. The molecule has 16 heavy (non-hydrogen) atoms. The van der Waals surface area contributed by atoms with E-state index in [0.29, 0.717) is 11.6 Å². The number of hydrogen-bond acceptors (Lipinski definition) is 2. The monoisotopic (exact) mass is 217 g/mol. The highest BCUT2D eigenvalue weighted by molar-refractivity contribution is 5.88. The molecule has 0 saturated heterocycles. The minimum atomic E-state index is -0.882. The number of carboxylic acid groups (broad SMARTS) is 1. The minimum absolute atomic E-state index is 0.330. The Kier molecular flexibility index (Phi) is 3.25. The van der Waals surface area contributed by atoms with Crippen LogP contribution in [0, 0.1) is 0 Å². The van der Waals surface area contributed by atoms with Crippen molar-refractivity contribution in [2.45, 2.75) is 25.3 Å². The number of carbonyl (C=O) groups is 1. The van der Waals surface area contributed by atoms with Crippen LogP contribution >= 0.6 is 0 Å². The van der Waals surface area contributed by atoms with E-state index in [1.165, 1.54) is 0 Å². The van der Waals surface area contributed by atoms with Crippen molar-refractivity contribution < 1.29 is 9.90 Å². The van der Waals surface area contributed by atoms with Gasteiger partial charge in [-0.3, -0.25) is 0 Å². The maximum atomic E-state index is 10.8. The van der Waals surface area contributed by atoms with E-state index >= 15 is 0 Å². The van der Waals surface area contributed by atoms with Crippen LogP contribution in [0.3, 0.4) is 0 Å².